The summed E-state index contributed by atoms with van der Waals surface area (Å²) in [5.41, 5.74) is 2.13. The molecule has 0 saturated carbocycles. The van der Waals surface area contributed by atoms with Gasteiger partial charge >= 0.3 is 0 Å². The van der Waals surface area contributed by atoms with Crippen LogP contribution in [0.25, 0.3) is 5.76 Å². The number of nitrogens with one attached hydrogen (secondary N) is 1. The van der Waals surface area contributed by atoms with Crippen molar-refractivity contribution in [3.8, 4) is 0 Å². The van der Waals surface area contributed by atoms with Crippen LogP contribution in [0.2, 0.25) is 0 Å². The molecule has 1 saturated heterocycles. The zero-order valence-corrected chi connectivity index (χ0v) is 16.9. The molecule has 5 nitrogen and oxygen atoms in total. The molecular weight excluding hydrogens is 371 g/mol. The molecule has 2 aromatic rings. The SMILES string of the molecule is Cc1ccc(C(O)=C2C(=O)C(=O)N(CCC[NH+](C)C)C2c2ccc(F)cc2)cc1. The quantitative estimate of drug-likeness (QED) is 0.446. The van der Waals surface area contributed by atoms with Gasteiger partial charge in [-0.05, 0) is 24.6 Å². The van der Waals surface area contributed by atoms with Crippen molar-refractivity contribution in [3.05, 3.63) is 76.6 Å². The van der Waals surface area contributed by atoms with Crippen molar-refractivity contribution in [3.63, 3.8) is 0 Å². The standard InChI is InChI=1S/C23H25FN2O3/c1-15-5-7-17(8-6-15)21(27)19-20(16-9-11-18(24)12-10-16)26(23(29)22(19)28)14-4-13-25(2)3/h5-12,20,27H,4,13-14H2,1-3H3/p+1. The number of nitrogens with zero attached hydrogens (tertiary/aromatic N) is 1. The van der Waals surface area contributed by atoms with Crippen LogP contribution < -0.4 is 4.90 Å². The van der Waals surface area contributed by atoms with Gasteiger partial charge in [0, 0.05) is 18.5 Å². The minimum absolute atomic E-state index is 0.0441. The topological polar surface area (TPSA) is 62.0 Å². The number of amides is 1. The third-order valence-corrected chi connectivity index (χ3v) is 5.13. The number of hydrogen-bond acceptors (Lipinski definition) is 3. The second kappa shape index (κ2) is 8.57. The van der Waals surface area contributed by atoms with Crippen LogP contribution >= 0.6 is 0 Å². The predicted octanol–water partition coefficient (Wildman–Crippen LogP) is 2.09. The zero-order valence-electron chi connectivity index (χ0n) is 16.9. The molecule has 0 aliphatic carbocycles. The first-order valence-electron chi connectivity index (χ1n) is 9.69. The van der Waals surface area contributed by atoms with Gasteiger partial charge < -0.3 is 14.9 Å². The van der Waals surface area contributed by atoms with Gasteiger partial charge in [-0.2, -0.15) is 0 Å². The summed E-state index contributed by atoms with van der Waals surface area (Å²) >= 11 is 0. The summed E-state index contributed by atoms with van der Waals surface area (Å²) in [6, 6.07) is 12.1. The fourth-order valence-corrected chi connectivity index (χ4v) is 3.57. The highest BCUT2D eigenvalue weighted by Crippen LogP contribution is 2.39. The van der Waals surface area contributed by atoms with E-state index in [9.17, 15) is 19.1 Å². The van der Waals surface area contributed by atoms with Crippen LogP contribution in [0.15, 0.2) is 54.1 Å². The van der Waals surface area contributed by atoms with E-state index in [1.165, 1.54) is 21.9 Å². The summed E-state index contributed by atoms with van der Waals surface area (Å²) in [5.74, 6) is -1.96. The smallest absolute Gasteiger partial charge is 0.295 e. The van der Waals surface area contributed by atoms with E-state index in [1.54, 1.807) is 24.3 Å². The van der Waals surface area contributed by atoms with E-state index in [-0.39, 0.29) is 11.3 Å². The van der Waals surface area contributed by atoms with Crippen LogP contribution in [0.5, 0.6) is 0 Å². The first-order valence-corrected chi connectivity index (χ1v) is 9.69. The normalized spacial score (nSPS) is 18.7. The average molecular weight is 397 g/mol. The number of Topliss-reactive ketones (excluding diaryl/α,β-unsaturated/α-hetero) is 1. The molecule has 152 valence electrons. The summed E-state index contributed by atoms with van der Waals surface area (Å²) in [6.07, 6.45) is 0.706. The lowest BCUT2D eigenvalue weighted by Gasteiger charge is -2.25. The number of aliphatic hydroxyl groups is 1. The number of quaternary nitrogens is 1. The van der Waals surface area contributed by atoms with E-state index in [2.05, 4.69) is 0 Å². The summed E-state index contributed by atoms with van der Waals surface area (Å²) in [5, 5.41) is 10.9. The molecule has 3 rings (SSSR count). The summed E-state index contributed by atoms with van der Waals surface area (Å²) in [6.45, 7) is 3.13. The highest BCUT2D eigenvalue weighted by atomic mass is 19.1. The van der Waals surface area contributed by atoms with Crippen molar-refractivity contribution in [2.75, 3.05) is 27.2 Å². The summed E-state index contributed by atoms with van der Waals surface area (Å²) < 4.78 is 13.5. The number of aliphatic hydroxyl groups excluding tert-OH is 1. The van der Waals surface area contributed by atoms with E-state index >= 15 is 0 Å². The molecule has 0 radical (unpaired) electrons. The van der Waals surface area contributed by atoms with Gasteiger partial charge in [0.15, 0.2) is 0 Å². The van der Waals surface area contributed by atoms with E-state index in [0.29, 0.717) is 24.1 Å². The molecule has 29 heavy (non-hydrogen) atoms. The lowest BCUT2D eigenvalue weighted by molar-refractivity contribution is -0.858. The number of carbonyl (C=O) groups excluding carboxylic acids is 2. The van der Waals surface area contributed by atoms with Gasteiger partial charge in [0.1, 0.15) is 11.6 Å². The van der Waals surface area contributed by atoms with Crippen molar-refractivity contribution in [1.29, 1.82) is 0 Å². The maximum absolute atomic E-state index is 13.5. The molecule has 0 spiro atoms. The van der Waals surface area contributed by atoms with Crippen LogP contribution in [0.4, 0.5) is 4.39 Å². The van der Waals surface area contributed by atoms with E-state index < -0.39 is 23.5 Å². The Morgan fingerprint density at radius 1 is 1.07 bits per heavy atom. The van der Waals surface area contributed by atoms with Crippen molar-refractivity contribution in [2.24, 2.45) is 0 Å². The number of ketones is 1. The Kier molecular flexibility index (Phi) is 6.13. The maximum atomic E-state index is 13.5. The molecule has 2 aromatic carbocycles. The molecule has 0 bridgehead atoms. The first kappa shape index (κ1) is 20.7. The Balaban J connectivity index is 2.07. The molecule has 1 atom stereocenters. The van der Waals surface area contributed by atoms with Crippen LogP contribution in [0, 0.1) is 12.7 Å². The zero-order chi connectivity index (χ0) is 21.1. The molecule has 1 heterocycles. The minimum atomic E-state index is -0.742. The minimum Gasteiger partial charge on any atom is -0.507 e. The van der Waals surface area contributed by atoms with Crippen molar-refractivity contribution in [2.45, 2.75) is 19.4 Å². The van der Waals surface area contributed by atoms with E-state index in [4.69, 9.17) is 0 Å². The Hall–Kier alpha value is -2.99. The van der Waals surface area contributed by atoms with Crippen LogP contribution in [0.1, 0.15) is 29.2 Å². The second-order valence-corrected chi connectivity index (χ2v) is 7.72. The van der Waals surface area contributed by atoms with Gasteiger partial charge in [-0.25, -0.2) is 4.39 Å². The monoisotopic (exact) mass is 397 g/mol. The first-order chi connectivity index (χ1) is 13.8. The van der Waals surface area contributed by atoms with Gasteiger partial charge in [0.05, 0.1) is 32.3 Å². The maximum Gasteiger partial charge on any atom is 0.295 e. The molecule has 1 unspecified atom stereocenters. The van der Waals surface area contributed by atoms with Gasteiger partial charge in [0.25, 0.3) is 11.7 Å². The number of rotatable bonds is 6. The van der Waals surface area contributed by atoms with Gasteiger partial charge in [0.2, 0.25) is 0 Å². The number of benzene rings is 2. The van der Waals surface area contributed by atoms with Gasteiger partial charge in [-0.15, -0.1) is 0 Å². The molecule has 0 aromatic heterocycles. The van der Waals surface area contributed by atoms with Crippen LogP contribution in [0.3, 0.4) is 0 Å². The second-order valence-electron chi connectivity index (χ2n) is 7.72. The Morgan fingerprint density at radius 3 is 2.28 bits per heavy atom. The molecule has 1 fully saturated rings. The summed E-state index contributed by atoms with van der Waals surface area (Å²) in [4.78, 5) is 28.4. The van der Waals surface area contributed by atoms with E-state index in [0.717, 1.165) is 12.1 Å². The third-order valence-electron chi connectivity index (χ3n) is 5.13. The Morgan fingerprint density at radius 2 is 1.69 bits per heavy atom. The largest absolute Gasteiger partial charge is 0.507 e. The number of aryl methyl sites for hydroxylation is 1. The summed E-state index contributed by atoms with van der Waals surface area (Å²) in [7, 11) is 4.03. The van der Waals surface area contributed by atoms with Crippen molar-refractivity contribution < 1.29 is 24.0 Å². The molecule has 1 aliphatic heterocycles. The number of likely N-dealkylation sites (tertiary alicyclic amines) is 1. The number of carbonyl (C=O) groups is 2. The van der Waals surface area contributed by atoms with Crippen molar-refractivity contribution in [1.82, 2.24) is 4.90 Å². The third kappa shape index (κ3) is 4.38. The fraction of sp³-hybridized carbons (Fsp3) is 0.304. The van der Waals surface area contributed by atoms with Crippen LogP contribution in [-0.2, 0) is 9.59 Å². The van der Waals surface area contributed by atoms with Crippen LogP contribution in [-0.4, -0.2) is 48.9 Å². The average Bonchev–Trinajstić information content (AvgIpc) is 2.93. The fourth-order valence-electron chi connectivity index (χ4n) is 3.57. The van der Waals surface area contributed by atoms with Gasteiger partial charge in [-0.1, -0.05) is 42.0 Å². The lowest BCUT2D eigenvalue weighted by atomic mass is 9.95. The Bertz CT molecular complexity index is 934. The molecular formula is C23H26FN2O3+. The lowest BCUT2D eigenvalue weighted by Crippen LogP contribution is -3.05. The highest BCUT2D eigenvalue weighted by Gasteiger charge is 2.45. The van der Waals surface area contributed by atoms with Gasteiger partial charge in [-0.3, -0.25) is 9.59 Å². The molecule has 1 aliphatic rings. The number of halogens is 1. The number of hydrogen-bond donors (Lipinski definition) is 2. The van der Waals surface area contributed by atoms with E-state index in [1.807, 2.05) is 33.2 Å². The van der Waals surface area contributed by atoms with Crippen molar-refractivity contribution >= 4 is 17.4 Å². The Labute approximate surface area is 170 Å². The molecule has 6 heteroatoms. The predicted molar refractivity (Wildman–Crippen MR) is 109 cm³/mol. The molecule has 2 N–H and O–H groups in total. The highest BCUT2D eigenvalue weighted by molar-refractivity contribution is 6.46. The molecule has 1 amide bonds.